The summed E-state index contributed by atoms with van der Waals surface area (Å²) in [5, 5.41) is 0. The Balaban J connectivity index is 2.65. The van der Waals surface area contributed by atoms with Crippen molar-refractivity contribution >= 4 is 12.4 Å². The van der Waals surface area contributed by atoms with Gasteiger partial charge in [0.2, 0.25) is 0 Å². The van der Waals surface area contributed by atoms with E-state index in [0.29, 0.717) is 0 Å². The van der Waals surface area contributed by atoms with E-state index in [-0.39, 0.29) is 5.54 Å². The lowest BCUT2D eigenvalue weighted by Crippen LogP contribution is -2.23. The minimum atomic E-state index is 0.0503. The molecule has 0 unspecified atom stereocenters. The lowest BCUT2D eigenvalue weighted by molar-refractivity contribution is 0.537. The van der Waals surface area contributed by atoms with Crippen molar-refractivity contribution in [2.24, 2.45) is 9.98 Å². The normalized spacial score (nSPS) is 23.8. The van der Waals surface area contributed by atoms with Gasteiger partial charge in [-0.1, -0.05) is 0 Å². The maximum absolute atomic E-state index is 4.19. The third-order valence-corrected chi connectivity index (χ3v) is 1.07. The van der Waals surface area contributed by atoms with Crippen molar-refractivity contribution < 1.29 is 0 Å². The molecule has 1 rings (SSSR count). The standard InChI is InChI=1S/C6H10N2/c1-6(2)5-7-3-4-8-6/h3-4H,5H2,1-2H3. The Bertz CT molecular complexity index is 133. The molecule has 2 heteroatoms. The van der Waals surface area contributed by atoms with Gasteiger partial charge in [-0.15, -0.1) is 0 Å². The Labute approximate surface area is 49.3 Å². The van der Waals surface area contributed by atoms with Gasteiger partial charge in [-0.25, -0.2) is 0 Å². The molecule has 0 aliphatic carbocycles. The zero-order chi connectivity index (χ0) is 6.04. The van der Waals surface area contributed by atoms with Gasteiger partial charge >= 0.3 is 0 Å². The SMILES string of the molecule is CC1(C)CN=CC=N1. The first-order valence-electron chi connectivity index (χ1n) is 2.74. The summed E-state index contributed by atoms with van der Waals surface area (Å²) in [5.41, 5.74) is 0.0503. The molecule has 0 saturated carbocycles. The fourth-order valence-electron chi connectivity index (χ4n) is 0.599. The molecular formula is C6H10N2. The predicted octanol–water partition coefficient (Wildman–Crippen LogP) is 0.920. The van der Waals surface area contributed by atoms with Crippen LogP contribution < -0.4 is 0 Å². The van der Waals surface area contributed by atoms with E-state index in [1.807, 2.05) is 0 Å². The van der Waals surface area contributed by atoms with Crippen LogP contribution in [0.2, 0.25) is 0 Å². The molecule has 0 aromatic carbocycles. The van der Waals surface area contributed by atoms with Crippen molar-refractivity contribution in [2.45, 2.75) is 19.4 Å². The molecule has 8 heavy (non-hydrogen) atoms. The van der Waals surface area contributed by atoms with Crippen molar-refractivity contribution in [3.63, 3.8) is 0 Å². The van der Waals surface area contributed by atoms with Gasteiger partial charge in [0.25, 0.3) is 0 Å². The fraction of sp³-hybridized carbons (Fsp3) is 0.667. The Kier molecular flexibility index (Phi) is 1.16. The highest BCUT2D eigenvalue weighted by molar-refractivity contribution is 6.16. The molecule has 1 heterocycles. The van der Waals surface area contributed by atoms with E-state index < -0.39 is 0 Å². The number of rotatable bonds is 0. The summed E-state index contributed by atoms with van der Waals surface area (Å²) in [5.74, 6) is 0. The Hall–Kier alpha value is -0.660. The Morgan fingerprint density at radius 3 is 2.38 bits per heavy atom. The van der Waals surface area contributed by atoms with E-state index in [1.54, 1.807) is 12.4 Å². The van der Waals surface area contributed by atoms with Crippen LogP contribution in [0.1, 0.15) is 13.8 Å². The molecule has 1 aliphatic heterocycles. The van der Waals surface area contributed by atoms with Crippen LogP contribution in [0.3, 0.4) is 0 Å². The number of hydrogen-bond donors (Lipinski definition) is 0. The number of hydrogen-bond acceptors (Lipinski definition) is 2. The van der Waals surface area contributed by atoms with Gasteiger partial charge < -0.3 is 0 Å². The maximum atomic E-state index is 4.19. The van der Waals surface area contributed by atoms with E-state index >= 15 is 0 Å². The van der Waals surface area contributed by atoms with E-state index in [1.165, 1.54) is 0 Å². The molecule has 2 nitrogen and oxygen atoms in total. The second-order valence-electron chi connectivity index (χ2n) is 2.58. The summed E-state index contributed by atoms with van der Waals surface area (Å²) < 4.78 is 0. The molecule has 0 saturated heterocycles. The van der Waals surface area contributed by atoms with Gasteiger partial charge in [-0.05, 0) is 13.8 Å². The topological polar surface area (TPSA) is 24.7 Å². The van der Waals surface area contributed by atoms with Crippen molar-refractivity contribution in [1.29, 1.82) is 0 Å². The summed E-state index contributed by atoms with van der Waals surface area (Å²) in [6.07, 6.45) is 3.49. The molecule has 0 fully saturated rings. The van der Waals surface area contributed by atoms with Crippen LogP contribution in [0.25, 0.3) is 0 Å². The predicted molar refractivity (Wildman–Crippen MR) is 35.9 cm³/mol. The summed E-state index contributed by atoms with van der Waals surface area (Å²) in [6, 6.07) is 0. The minimum Gasteiger partial charge on any atom is -0.289 e. The summed E-state index contributed by atoms with van der Waals surface area (Å²) >= 11 is 0. The van der Waals surface area contributed by atoms with Crippen molar-refractivity contribution in [2.75, 3.05) is 6.54 Å². The van der Waals surface area contributed by atoms with Crippen molar-refractivity contribution in [3.8, 4) is 0 Å². The summed E-state index contributed by atoms with van der Waals surface area (Å²) in [7, 11) is 0. The average Bonchev–Trinajstić information content (AvgIpc) is 1.65. The molecule has 1 aliphatic rings. The first kappa shape index (κ1) is 5.48. The molecule has 0 amide bonds. The van der Waals surface area contributed by atoms with Crippen LogP contribution in [0.15, 0.2) is 9.98 Å². The van der Waals surface area contributed by atoms with Gasteiger partial charge in [0.15, 0.2) is 0 Å². The third kappa shape index (κ3) is 1.15. The highest BCUT2D eigenvalue weighted by atomic mass is 14.9. The van der Waals surface area contributed by atoms with Crippen LogP contribution in [0, 0.1) is 0 Å². The molecule has 0 spiro atoms. The van der Waals surface area contributed by atoms with Crippen LogP contribution in [-0.2, 0) is 0 Å². The molecule has 44 valence electrons. The van der Waals surface area contributed by atoms with Gasteiger partial charge in [-0.3, -0.25) is 9.98 Å². The summed E-state index contributed by atoms with van der Waals surface area (Å²) in [4.78, 5) is 8.24. The molecule has 0 atom stereocenters. The zero-order valence-electron chi connectivity index (χ0n) is 5.26. The monoisotopic (exact) mass is 110 g/mol. The first-order chi connectivity index (χ1) is 3.71. The van der Waals surface area contributed by atoms with E-state index in [2.05, 4.69) is 23.8 Å². The fourth-order valence-corrected chi connectivity index (χ4v) is 0.599. The minimum absolute atomic E-state index is 0.0503. The quantitative estimate of drug-likeness (QED) is 0.443. The maximum Gasteiger partial charge on any atom is 0.0747 e. The number of aliphatic imine (C=N–C) groups is 2. The van der Waals surface area contributed by atoms with Crippen molar-refractivity contribution in [3.05, 3.63) is 0 Å². The zero-order valence-corrected chi connectivity index (χ0v) is 5.26. The number of nitrogens with zero attached hydrogens (tertiary/aromatic N) is 2. The molecular weight excluding hydrogens is 100 g/mol. The average molecular weight is 110 g/mol. The van der Waals surface area contributed by atoms with Gasteiger partial charge in [-0.2, -0.15) is 0 Å². The van der Waals surface area contributed by atoms with Crippen LogP contribution in [0.4, 0.5) is 0 Å². The second kappa shape index (κ2) is 1.69. The Morgan fingerprint density at radius 1 is 1.38 bits per heavy atom. The van der Waals surface area contributed by atoms with E-state index in [9.17, 15) is 0 Å². The molecule has 0 radical (unpaired) electrons. The van der Waals surface area contributed by atoms with E-state index in [0.717, 1.165) is 6.54 Å². The molecule has 0 aromatic heterocycles. The van der Waals surface area contributed by atoms with Crippen LogP contribution >= 0.6 is 0 Å². The first-order valence-corrected chi connectivity index (χ1v) is 2.74. The summed E-state index contributed by atoms with van der Waals surface area (Å²) in [6.45, 7) is 4.96. The second-order valence-corrected chi connectivity index (χ2v) is 2.58. The molecule has 0 N–H and O–H groups in total. The molecule has 0 bridgehead atoms. The highest BCUT2D eigenvalue weighted by Gasteiger charge is 2.14. The smallest absolute Gasteiger partial charge is 0.0747 e. The Morgan fingerprint density at radius 2 is 2.12 bits per heavy atom. The van der Waals surface area contributed by atoms with Crippen molar-refractivity contribution in [1.82, 2.24) is 0 Å². The van der Waals surface area contributed by atoms with Gasteiger partial charge in [0.05, 0.1) is 12.1 Å². The molecule has 0 aromatic rings. The van der Waals surface area contributed by atoms with Crippen LogP contribution in [-0.4, -0.2) is 24.5 Å². The lowest BCUT2D eigenvalue weighted by atomic mass is 10.1. The van der Waals surface area contributed by atoms with Gasteiger partial charge in [0.1, 0.15) is 0 Å². The van der Waals surface area contributed by atoms with Crippen LogP contribution in [0.5, 0.6) is 0 Å². The van der Waals surface area contributed by atoms with E-state index in [4.69, 9.17) is 0 Å². The largest absolute Gasteiger partial charge is 0.289 e. The van der Waals surface area contributed by atoms with Gasteiger partial charge in [0, 0.05) is 12.4 Å². The highest BCUT2D eigenvalue weighted by Crippen LogP contribution is 2.09. The lowest BCUT2D eigenvalue weighted by Gasteiger charge is -2.17. The third-order valence-electron chi connectivity index (χ3n) is 1.07.